The number of likely N-dealkylation sites (N-methyl/N-ethyl adjacent to an activating group) is 1. The Morgan fingerprint density at radius 2 is 1.54 bits per heavy atom. The van der Waals surface area contributed by atoms with E-state index in [2.05, 4.69) is 6.92 Å². The zero-order valence-corrected chi connectivity index (χ0v) is 15.6. The number of ketones is 1. The summed E-state index contributed by atoms with van der Waals surface area (Å²) in [6.45, 7) is -0.594. The molecule has 0 aliphatic carbocycles. The van der Waals surface area contributed by atoms with Gasteiger partial charge in [0.05, 0.1) is 24.6 Å². The first-order valence-corrected chi connectivity index (χ1v) is 9.16. The summed E-state index contributed by atoms with van der Waals surface area (Å²) in [6, 6.07) is 0. The lowest BCUT2D eigenvalue weighted by Crippen LogP contribution is -2.48. The van der Waals surface area contributed by atoms with Crippen LogP contribution in [0, 0.1) is 0 Å². The van der Waals surface area contributed by atoms with Crippen molar-refractivity contribution < 1.29 is 28.4 Å². The highest BCUT2D eigenvalue weighted by Gasteiger charge is 2.24. The zero-order chi connectivity index (χ0) is 21.1. The first kappa shape index (κ1) is 17.9. The maximum Gasteiger partial charge on any atom is 0.306 e. The van der Waals surface area contributed by atoms with E-state index in [1.165, 1.54) is 52.6 Å². The topological polar surface area (TPSA) is 74.6 Å². The Kier molecular flexibility index (Phi) is 9.95. The van der Waals surface area contributed by atoms with Crippen LogP contribution in [0.3, 0.4) is 0 Å². The fourth-order valence-electron chi connectivity index (χ4n) is 2.72. The van der Waals surface area contributed by atoms with Crippen molar-refractivity contribution >= 4 is 11.8 Å². The van der Waals surface area contributed by atoms with Crippen LogP contribution >= 0.6 is 0 Å². The number of carbonyl (C=O) groups is 2. The first-order valence-electron chi connectivity index (χ1n) is 10.7. The molecule has 0 fully saturated rings. The molecular weight excluding hydrogens is 306 g/mol. The Balaban J connectivity index is 4.29. The summed E-state index contributed by atoms with van der Waals surface area (Å²) >= 11 is 0. The fourth-order valence-corrected chi connectivity index (χ4v) is 2.72. The van der Waals surface area contributed by atoms with Crippen molar-refractivity contribution in [3.8, 4) is 0 Å². The largest absolute Gasteiger partial charge is 0.481 e. The van der Waals surface area contributed by atoms with Crippen molar-refractivity contribution in [2.45, 2.75) is 83.6 Å². The van der Waals surface area contributed by atoms with Crippen molar-refractivity contribution in [2.75, 3.05) is 27.1 Å². The number of nitrogens with zero attached hydrogens (tertiary/aromatic N) is 1. The van der Waals surface area contributed by atoms with Gasteiger partial charge >= 0.3 is 5.97 Å². The summed E-state index contributed by atoms with van der Waals surface area (Å²) < 4.78 is 23.2. The lowest BCUT2D eigenvalue weighted by Gasteiger charge is -2.30. The van der Waals surface area contributed by atoms with E-state index in [1.807, 2.05) is 0 Å². The Hall–Kier alpha value is -0.940. The van der Waals surface area contributed by atoms with E-state index in [0.29, 0.717) is 6.42 Å². The molecule has 0 saturated heterocycles. The maximum atomic E-state index is 12.2. The smallest absolute Gasteiger partial charge is 0.306 e. The van der Waals surface area contributed by atoms with Gasteiger partial charge in [0.2, 0.25) is 0 Å². The van der Waals surface area contributed by atoms with E-state index in [4.69, 9.17) is 9.22 Å². The quantitative estimate of drug-likeness (QED) is 0.331. The Morgan fingerprint density at radius 1 is 1.04 bits per heavy atom. The van der Waals surface area contributed by atoms with Crippen LogP contribution in [0.2, 0.25) is 0 Å². The number of carboxylic acids is 1. The number of quaternary nitrogens is 1. The molecule has 0 aromatic heterocycles. The average molecular weight is 348 g/mol. The second-order valence-corrected chi connectivity index (χ2v) is 7.09. The molecule has 0 rings (SSSR count). The number of aliphatic carboxylic acids is 1. The molecule has 0 saturated carbocycles. The highest BCUT2D eigenvalue weighted by atomic mass is 16.4. The normalized spacial score (nSPS) is 16.8. The van der Waals surface area contributed by atoms with Gasteiger partial charge in [-0.25, -0.2) is 0 Å². The van der Waals surface area contributed by atoms with E-state index < -0.39 is 29.5 Å². The molecule has 2 N–H and O–H groups in total. The summed E-state index contributed by atoms with van der Waals surface area (Å²) in [5, 5.41) is 18.8. The summed E-state index contributed by atoms with van der Waals surface area (Å²) in [6.07, 6.45) is 6.74. The number of hydrogen-bond acceptors (Lipinski definition) is 3. The summed E-state index contributed by atoms with van der Waals surface area (Å²) in [5.41, 5.74) is 0. The van der Waals surface area contributed by atoms with E-state index >= 15 is 0 Å². The molecule has 5 heteroatoms. The summed E-state index contributed by atoms with van der Waals surface area (Å²) in [5.74, 6) is -1.60. The molecule has 0 radical (unpaired) electrons. The van der Waals surface area contributed by atoms with E-state index in [-0.39, 0.29) is 12.3 Å². The third-order valence-corrected chi connectivity index (χ3v) is 3.88. The van der Waals surface area contributed by atoms with E-state index in [9.17, 15) is 14.7 Å². The molecule has 5 nitrogen and oxygen atoms in total. The highest BCUT2D eigenvalue weighted by Crippen LogP contribution is 2.11. The van der Waals surface area contributed by atoms with Crippen molar-refractivity contribution in [1.29, 1.82) is 0 Å². The van der Waals surface area contributed by atoms with Crippen LogP contribution in [-0.4, -0.2) is 59.7 Å². The monoisotopic (exact) mass is 347 g/mol. The van der Waals surface area contributed by atoms with Crippen LogP contribution in [0.15, 0.2) is 0 Å². The SMILES string of the molecule is [2H]C(O)(CC(=O)O)C([2H])([2H])[N+](C)(C)CC(=O)CCCCCCCCCCC. The van der Waals surface area contributed by atoms with Crippen LogP contribution < -0.4 is 0 Å². The minimum atomic E-state index is -2.82. The molecule has 0 heterocycles. The van der Waals surface area contributed by atoms with Gasteiger partial charge in [0.1, 0.15) is 19.1 Å². The lowest BCUT2D eigenvalue weighted by molar-refractivity contribution is -0.885. The molecular formula is C19H38NO4+. The number of carbonyl (C=O) groups excluding carboxylic acids is 1. The van der Waals surface area contributed by atoms with Crippen LogP contribution in [0.1, 0.15) is 81.7 Å². The summed E-state index contributed by atoms with van der Waals surface area (Å²) in [7, 11) is 2.80. The molecule has 1 unspecified atom stereocenters. The van der Waals surface area contributed by atoms with Gasteiger partial charge < -0.3 is 14.7 Å². The van der Waals surface area contributed by atoms with Gasteiger partial charge in [-0.1, -0.05) is 58.3 Å². The number of unbranched alkanes of at least 4 members (excludes halogenated alkanes) is 8. The van der Waals surface area contributed by atoms with Gasteiger partial charge in [0.15, 0.2) is 5.78 Å². The van der Waals surface area contributed by atoms with Crippen LogP contribution in [0.5, 0.6) is 0 Å². The minimum Gasteiger partial charge on any atom is -0.481 e. The fraction of sp³-hybridized carbons (Fsp3) is 0.895. The number of aliphatic hydroxyl groups is 1. The van der Waals surface area contributed by atoms with Crippen LogP contribution in [0.4, 0.5) is 0 Å². The van der Waals surface area contributed by atoms with Crippen molar-refractivity contribution in [3.05, 3.63) is 0 Å². The third-order valence-electron chi connectivity index (χ3n) is 3.88. The van der Waals surface area contributed by atoms with Crippen LogP contribution in [-0.2, 0) is 9.59 Å². The molecule has 0 aliphatic rings. The first-order chi connectivity index (χ1) is 12.4. The average Bonchev–Trinajstić information content (AvgIpc) is 2.51. The Bertz CT molecular complexity index is 468. The highest BCUT2D eigenvalue weighted by molar-refractivity contribution is 5.79. The molecule has 24 heavy (non-hydrogen) atoms. The Morgan fingerprint density at radius 3 is 2.04 bits per heavy atom. The van der Waals surface area contributed by atoms with Gasteiger partial charge in [-0.2, -0.15) is 0 Å². The number of hydrogen-bond donors (Lipinski definition) is 2. The summed E-state index contributed by atoms with van der Waals surface area (Å²) in [4.78, 5) is 23.0. The minimum absolute atomic E-state index is 0.141. The van der Waals surface area contributed by atoms with Crippen molar-refractivity contribution in [2.24, 2.45) is 0 Å². The second-order valence-electron chi connectivity index (χ2n) is 7.09. The molecule has 0 aromatic rings. The van der Waals surface area contributed by atoms with Gasteiger partial charge in [0.25, 0.3) is 0 Å². The predicted molar refractivity (Wildman–Crippen MR) is 97.0 cm³/mol. The van der Waals surface area contributed by atoms with Crippen LogP contribution in [0.25, 0.3) is 0 Å². The maximum absolute atomic E-state index is 12.2. The predicted octanol–water partition coefficient (Wildman–Crippen LogP) is 3.39. The molecule has 0 spiro atoms. The number of rotatable bonds is 16. The van der Waals surface area contributed by atoms with Crippen molar-refractivity contribution in [1.82, 2.24) is 0 Å². The molecule has 0 aromatic carbocycles. The van der Waals surface area contributed by atoms with E-state index in [1.54, 1.807) is 0 Å². The Labute approximate surface area is 151 Å². The van der Waals surface area contributed by atoms with Gasteiger partial charge in [-0.3, -0.25) is 9.59 Å². The molecule has 0 aliphatic heterocycles. The molecule has 1 atom stereocenters. The standard InChI is InChI=1S/C19H37NO4/c1-4-5-6-7-8-9-10-11-12-13-17(21)15-20(2,3)16-18(22)14-19(23)24/h18,22H,4-16H2,1-3H3/p+1/i16D2,18D. The van der Waals surface area contributed by atoms with Crippen molar-refractivity contribution in [3.63, 3.8) is 0 Å². The zero-order valence-electron chi connectivity index (χ0n) is 18.6. The number of Topliss-reactive ketones (excluding diaryl/α,β-unsaturated/α-hetero) is 1. The van der Waals surface area contributed by atoms with Gasteiger partial charge in [0, 0.05) is 6.42 Å². The second kappa shape index (κ2) is 13.4. The van der Waals surface area contributed by atoms with Gasteiger partial charge in [-0.15, -0.1) is 0 Å². The lowest BCUT2D eigenvalue weighted by atomic mass is 10.1. The molecule has 0 bridgehead atoms. The number of carboxylic acid groups (broad SMARTS) is 1. The molecule has 142 valence electrons. The van der Waals surface area contributed by atoms with Gasteiger partial charge in [-0.05, 0) is 6.42 Å². The van der Waals surface area contributed by atoms with E-state index in [0.717, 1.165) is 19.3 Å². The third kappa shape index (κ3) is 14.6. The molecule has 0 amide bonds.